The van der Waals surface area contributed by atoms with E-state index in [1.54, 1.807) is 11.3 Å². The molecule has 6 heteroatoms. The summed E-state index contributed by atoms with van der Waals surface area (Å²) in [6.45, 7) is 2.29. The average molecular weight is 374 g/mol. The number of aryl methyl sites for hydroxylation is 1. The molecule has 0 spiro atoms. The Morgan fingerprint density at radius 2 is 2.12 bits per heavy atom. The fourth-order valence-electron chi connectivity index (χ4n) is 3.78. The third-order valence-electron chi connectivity index (χ3n) is 5.04. The normalized spacial score (nSPS) is 19.0. The Balaban J connectivity index is 1.80. The van der Waals surface area contributed by atoms with E-state index in [0.29, 0.717) is 6.42 Å². The topological polar surface area (TPSA) is 54.3 Å². The number of hydrogen-bond acceptors (Lipinski definition) is 3. The second-order valence-corrected chi connectivity index (χ2v) is 7.95. The van der Waals surface area contributed by atoms with Crippen LogP contribution in [-0.4, -0.2) is 27.8 Å². The van der Waals surface area contributed by atoms with Gasteiger partial charge in [-0.3, -0.25) is 9.59 Å². The molecular weight excluding hydrogens is 346 g/mol. The van der Waals surface area contributed by atoms with Gasteiger partial charge in [0.2, 0.25) is 11.8 Å². The Kier molecular flexibility index (Phi) is 6.14. The van der Waals surface area contributed by atoms with E-state index in [1.807, 2.05) is 41.7 Å². The van der Waals surface area contributed by atoms with Crippen LogP contribution in [0, 0.1) is 0 Å². The van der Waals surface area contributed by atoms with E-state index in [9.17, 15) is 9.59 Å². The van der Waals surface area contributed by atoms with Gasteiger partial charge in [-0.25, -0.2) is 0 Å². The van der Waals surface area contributed by atoms with Gasteiger partial charge in [-0.2, -0.15) is 0 Å². The molecule has 0 aromatic carbocycles. The van der Waals surface area contributed by atoms with Crippen LogP contribution in [0.3, 0.4) is 0 Å². The van der Waals surface area contributed by atoms with Gasteiger partial charge in [-0.05, 0) is 36.4 Å². The Morgan fingerprint density at radius 1 is 1.27 bits per heavy atom. The number of nitrogens with zero attached hydrogens (tertiary/aromatic N) is 2. The van der Waals surface area contributed by atoms with E-state index in [0.717, 1.165) is 37.1 Å². The fraction of sp³-hybridized carbons (Fsp3) is 0.500. The van der Waals surface area contributed by atoms with Gasteiger partial charge in [0.15, 0.2) is 0 Å². The van der Waals surface area contributed by atoms with Crippen LogP contribution in [0.4, 0.5) is 0 Å². The summed E-state index contributed by atoms with van der Waals surface area (Å²) in [6, 6.07) is 7.95. The number of hydrogen-bond donors (Lipinski definition) is 1. The zero-order chi connectivity index (χ0) is 18.5. The van der Waals surface area contributed by atoms with E-state index in [4.69, 9.17) is 0 Å². The minimum atomic E-state index is -0.252. The first-order valence-corrected chi connectivity index (χ1v) is 10.2. The number of thiophene rings is 1. The van der Waals surface area contributed by atoms with Gasteiger partial charge in [-0.15, -0.1) is 11.3 Å². The largest absolute Gasteiger partial charge is 0.353 e. The van der Waals surface area contributed by atoms with E-state index in [-0.39, 0.29) is 23.9 Å². The maximum Gasteiger partial charge on any atom is 0.225 e. The molecule has 1 aliphatic rings. The summed E-state index contributed by atoms with van der Waals surface area (Å²) < 4.78 is 2.11. The summed E-state index contributed by atoms with van der Waals surface area (Å²) in [7, 11) is 2.04. The minimum Gasteiger partial charge on any atom is -0.353 e. The molecule has 26 heavy (non-hydrogen) atoms. The van der Waals surface area contributed by atoms with Gasteiger partial charge in [-0.1, -0.05) is 18.9 Å². The maximum absolute atomic E-state index is 13.2. The summed E-state index contributed by atoms with van der Waals surface area (Å²) in [6.07, 6.45) is 6.67. The van der Waals surface area contributed by atoms with Gasteiger partial charge < -0.3 is 14.8 Å². The Morgan fingerprint density at radius 3 is 2.77 bits per heavy atom. The second kappa shape index (κ2) is 8.54. The molecule has 1 aliphatic heterocycles. The van der Waals surface area contributed by atoms with E-state index >= 15 is 0 Å². The number of carbonyl (C=O) groups is 2. The first-order valence-electron chi connectivity index (χ1n) is 9.27. The molecule has 2 atom stereocenters. The van der Waals surface area contributed by atoms with Crippen LogP contribution in [-0.2, 0) is 16.6 Å². The lowest BCUT2D eigenvalue weighted by Crippen LogP contribution is -2.38. The van der Waals surface area contributed by atoms with Crippen molar-refractivity contribution < 1.29 is 9.59 Å². The molecule has 2 aromatic heterocycles. The Bertz CT molecular complexity index is 738. The zero-order valence-electron chi connectivity index (χ0n) is 15.5. The van der Waals surface area contributed by atoms with Crippen molar-refractivity contribution in [3.05, 3.63) is 46.4 Å². The van der Waals surface area contributed by atoms with Gasteiger partial charge in [0, 0.05) is 37.3 Å². The second-order valence-electron chi connectivity index (χ2n) is 6.97. The Labute approximate surface area is 159 Å². The molecule has 2 amide bonds. The van der Waals surface area contributed by atoms with Crippen molar-refractivity contribution >= 4 is 23.2 Å². The standard InChI is InChI=1S/C20H27N3O2S/c1-15(24)21-16(19-10-7-13-26-19)14-20(25)23-12-5-3-4-8-18(23)17-9-6-11-22(17)2/h6-7,9-11,13,16,18H,3-5,8,12,14H2,1-2H3,(H,21,24)/t16-,18+/m1/s1. The molecule has 0 radical (unpaired) electrons. The summed E-state index contributed by atoms with van der Waals surface area (Å²) in [5.74, 6) is 0.0105. The zero-order valence-corrected chi connectivity index (χ0v) is 16.3. The van der Waals surface area contributed by atoms with E-state index in [1.165, 1.54) is 12.6 Å². The number of nitrogens with one attached hydrogen (secondary N) is 1. The molecule has 0 saturated carbocycles. The molecule has 3 rings (SSSR count). The van der Waals surface area contributed by atoms with Crippen LogP contribution in [0.5, 0.6) is 0 Å². The molecule has 0 aliphatic carbocycles. The van der Waals surface area contributed by atoms with Crippen molar-refractivity contribution in [3.8, 4) is 0 Å². The van der Waals surface area contributed by atoms with Crippen molar-refractivity contribution in [3.63, 3.8) is 0 Å². The van der Waals surface area contributed by atoms with E-state index < -0.39 is 0 Å². The number of carbonyl (C=O) groups excluding carboxylic acids is 2. The van der Waals surface area contributed by atoms with Crippen LogP contribution in [0.15, 0.2) is 35.8 Å². The lowest BCUT2D eigenvalue weighted by molar-refractivity contribution is -0.134. The summed E-state index contributed by atoms with van der Waals surface area (Å²) in [5, 5.41) is 4.93. The molecule has 5 nitrogen and oxygen atoms in total. The van der Waals surface area contributed by atoms with Gasteiger partial charge in [0.25, 0.3) is 0 Å². The average Bonchev–Trinajstić information content (AvgIpc) is 3.21. The molecule has 1 saturated heterocycles. The summed E-state index contributed by atoms with van der Waals surface area (Å²) in [5.41, 5.74) is 1.19. The number of amides is 2. The molecular formula is C20H27N3O2S. The third kappa shape index (κ3) is 4.36. The number of likely N-dealkylation sites (tertiary alicyclic amines) is 1. The first-order chi connectivity index (χ1) is 12.6. The lowest BCUT2D eigenvalue weighted by Gasteiger charge is -2.32. The quantitative estimate of drug-likeness (QED) is 0.867. The van der Waals surface area contributed by atoms with Gasteiger partial charge in [0.1, 0.15) is 0 Å². The van der Waals surface area contributed by atoms with Gasteiger partial charge in [0.05, 0.1) is 18.5 Å². The highest BCUT2D eigenvalue weighted by Gasteiger charge is 2.30. The van der Waals surface area contributed by atoms with Gasteiger partial charge >= 0.3 is 0 Å². The van der Waals surface area contributed by atoms with Crippen LogP contribution < -0.4 is 5.32 Å². The lowest BCUT2D eigenvalue weighted by atomic mass is 10.0. The van der Waals surface area contributed by atoms with Crippen molar-refractivity contribution in [1.29, 1.82) is 0 Å². The molecule has 2 aromatic rings. The summed E-state index contributed by atoms with van der Waals surface area (Å²) >= 11 is 1.58. The highest BCUT2D eigenvalue weighted by Crippen LogP contribution is 2.32. The summed E-state index contributed by atoms with van der Waals surface area (Å²) in [4.78, 5) is 27.9. The molecule has 3 heterocycles. The van der Waals surface area contributed by atoms with Crippen LogP contribution in [0.25, 0.3) is 0 Å². The molecule has 1 N–H and O–H groups in total. The molecule has 1 fully saturated rings. The van der Waals surface area contributed by atoms with Crippen LogP contribution in [0.2, 0.25) is 0 Å². The molecule has 0 unspecified atom stereocenters. The molecule has 140 valence electrons. The van der Waals surface area contributed by atoms with Crippen molar-refractivity contribution in [1.82, 2.24) is 14.8 Å². The van der Waals surface area contributed by atoms with Crippen LogP contribution >= 0.6 is 11.3 Å². The monoisotopic (exact) mass is 373 g/mol. The van der Waals surface area contributed by atoms with E-state index in [2.05, 4.69) is 16.0 Å². The SMILES string of the molecule is CC(=O)N[C@H](CC(=O)N1CCCCC[C@H]1c1cccn1C)c1cccs1. The third-order valence-corrected chi connectivity index (χ3v) is 6.03. The highest BCUT2D eigenvalue weighted by atomic mass is 32.1. The fourth-order valence-corrected chi connectivity index (χ4v) is 4.56. The molecule has 0 bridgehead atoms. The smallest absolute Gasteiger partial charge is 0.225 e. The Hall–Kier alpha value is -2.08. The van der Waals surface area contributed by atoms with Crippen LogP contribution in [0.1, 0.15) is 61.7 Å². The van der Waals surface area contributed by atoms with Crippen molar-refractivity contribution in [2.75, 3.05) is 6.54 Å². The number of rotatable bonds is 5. The first kappa shape index (κ1) is 18.7. The van der Waals surface area contributed by atoms with Crippen molar-refractivity contribution in [2.24, 2.45) is 7.05 Å². The predicted molar refractivity (Wildman–Crippen MR) is 104 cm³/mol. The predicted octanol–water partition coefficient (Wildman–Crippen LogP) is 3.80. The maximum atomic E-state index is 13.2. The minimum absolute atomic E-state index is 0.106. The number of aromatic nitrogens is 1. The van der Waals surface area contributed by atoms with Crippen molar-refractivity contribution in [2.45, 2.75) is 51.1 Å². The highest BCUT2D eigenvalue weighted by molar-refractivity contribution is 7.10.